The van der Waals surface area contributed by atoms with Crippen LogP contribution in [-0.4, -0.2) is 28.4 Å². The first-order valence-corrected chi connectivity index (χ1v) is 7.40. The van der Waals surface area contributed by atoms with Crippen molar-refractivity contribution in [3.8, 4) is 0 Å². The topological polar surface area (TPSA) is 59.0 Å². The predicted octanol–water partition coefficient (Wildman–Crippen LogP) is 1.96. The first kappa shape index (κ1) is 14.6. The average Bonchev–Trinajstić information content (AvgIpc) is 3.13. The summed E-state index contributed by atoms with van der Waals surface area (Å²) in [7, 11) is 1.88. The number of carbonyl (C=O) groups excluding carboxylic acids is 1. The molecule has 0 aliphatic heterocycles. The Labute approximate surface area is 128 Å². The van der Waals surface area contributed by atoms with Crippen molar-refractivity contribution in [2.75, 3.05) is 6.54 Å². The van der Waals surface area contributed by atoms with Crippen molar-refractivity contribution in [2.45, 2.75) is 24.8 Å². The Hall–Kier alpha value is -2.37. The fourth-order valence-corrected chi connectivity index (χ4v) is 2.63. The van der Waals surface area contributed by atoms with Crippen LogP contribution < -0.4 is 10.6 Å². The summed E-state index contributed by atoms with van der Waals surface area (Å²) in [4.78, 5) is 11.8. The molecule has 2 atom stereocenters. The molecule has 3 rings (SSSR count). The molecule has 116 valence electrons. The molecule has 2 N–H and O–H groups in total. The summed E-state index contributed by atoms with van der Waals surface area (Å²) in [6.07, 6.45) is 3.34. The zero-order valence-electron chi connectivity index (χ0n) is 12.4. The van der Waals surface area contributed by atoms with Crippen molar-refractivity contribution in [3.63, 3.8) is 0 Å². The van der Waals surface area contributed by atoms with Crippen LogP contribution in [0, 0.1) is 5.82 Å². The molecule has 2 aromatic rings. The van der Waals surface area contributed by atoms with Gasteiger partial charge in [0.25, 0.3) is 0 Å². The maximum atomic E-state index is 13.2. The van der Waals surface area contributed by atoms with Crippen molar-refractivity contribution >= 4 is 6.03 Å². The molecule has 1 aromatic carbocycles. The number of amides is 2. The molecule has 1 aromatic heterocycles. The summed E-state index contributed by atoms with van der Waals surface area (Å²) in [6.45, 7) is 0.558. The third-order valence-corrected chi connectivity index (χ3v) is 3.97. The number of hydrogen-bond acceptors (Lipinski definition) is 2. The summed E-state index contributed by atoms with van der Waals surface area (Å²) in [5.41, 5.74) is 2.02. The SMILES string of the molecule is Cn1nccc1CCNC(=O)N[C@@H]1C[C@H]1c1cccc(F)c1. The number of nitrogens with one attached hydrogen (secondary N) is 2. The molecular weight excluding hydrogens is 283 g/mol. The van der Waals surface area contributed by atoms with Gasteiger partial charge in [-0.2, -0.15) is 5.10 Å². The quantitative estimate of drug-likeness (QED) is 0.887. The smallest absolute Gasteiger partial charge is 0.315 e. The number of aromatic nitrogens is 2. The van der Waals surface area contributed by atoms with E-state index in [-0.39, 0.29) is 23.8 Å². The Balaban J connectivity index is 1.41. The minimum absolute atomic E-state index is 0.0958. The van der Waals surface area contributed by atoms with Crippen LogP contribution in [0.25, 0.3) is 0 Å². The molecule has 5 nitrogen and oxygen atoms in total. The van der Waals surface area contributed by atoms with E-state index in [0.29, 0.717) is 6.54 Å². The standard InChI is InChI=1S/C16H19FN4O/c1-21-13(6-8-19-21)5-7-18-16(22)20-15-10-14(15)11-3-2-4-12(17)9-11/h2-4,6,8-9,14-15H,5,7,10H2,1H3,(H2,18,20,22)/t14-,15+/m0/s1. The van der Waals surface area contributed by atoms with Crippen LogP contribution in [0.15, 0.2) is 36.5 Å². The Morgan fingerprint density at radius 3 is 3.05 bits per heavy atom. The maximum Gasteiger partial charge on any atom is 0.315 e. The van der Waals surface area contributed by atoms with E-state index in [0.717, 1.165) is 24.1 Å². The van der Waals surface area contributed by atoms with E-state index in [2.05, 4.69) is 15.7 Å². The van der Waals surface area contributed by atoms with Gasteiger partial charge in [0.1, 0.15) is 5.82 Å². The maximum absolute atomic E-state index is 13.2. The minimum Gasteiger partial charge on any atom is -0.338 e. The number of benzene rings is 1. The second kappa shape index (κ2) is 6.17. The van der Waals surface area contributed by atoms with Crippen LogP contribution in [0.4, 0.5) is 9.18 Å². The van der Waals surface area contributed by atoms with E-state index in [4.69, 9.17) is 0 Å². The zero-order chi connectivity index (χ0) is 15.5. The van der Waals surface area contributed by atoms with E-state index in [1.165, 1.54) is 12.1 Å². The van der Waals surface area contributed by atoms with Crippen LogP contribution in [-0.2, 0) is 13.5 Å². The molecule has 0 bridgehead atoms. The fourth-order valence-electron chi connectivity index (χ4n) is 2.63. The van der Waals surface area contributed by atoms with Gasteiger partial charge in [-0.3, -0.25) is 4.68 Å². The zero-order valence-corrected chi connectivity index (χ0v) is 12.4. The molecule has 1 aliphatic rings. The van der Waals surface area contributed by atoms with Gasteiger partial charge in [0.2, 0.25) is 0 Å². The van der Waals surface area contributed by atoms with E-state index >= 15 is 0 Å². The van der Waals surface area contributed by atoms with Gasteiger partial charge in [-0.05, 0) is 30.2 Å². The normalized spacial score (nSPS) is 19.7. The summed E-state index contributed by atoms with van der Waals surface area (Å²) in [6, 6.07) is 8.42. The minimum atomic E-state index is -0.233. The molecule has 0 radical (unpaired) electrons. The van der Waals surface area contributed by atoms with Gasteiger partial charge in [-0.1, -0.05) is 12.1 Å². The highest BCUT2D eigenvalue weighted by Gasteiger charge is 2.39. The van der Waals surface area contributed by atoms with Crippen molar-refractivity contribution in [1.29, 1.82) is 0 Å². The molecular formula is C16H19FN4O. The van der Waals surface area contributed by atoms with Gasteiger partial charge < -0.3 is 10.6 Å². The largest absolute Gasteiger partial charge is 0.338 e. The molecule has 1 heterocycles. The summed E-state index contributed by atoms with van der Waals surface area (Å²) < 4.78 is 15.0. The lowest BCUT2D eigenvalue weighted by molar-refractivity contribution is 0.240. The lowest BCUT2D eigenvalue weighted by atomic mass is 10.1. The molecule has 0 spiro atoms. The van der Waals surface area contributed by atoms with Crippen LogP contribution >= 0.6 is 0 Å². The van der Waals surface area contributed by atoms with E-state index in [9.17, 15) is 9.18 Å². The van der Waals surface area contributed by atoms with E-state index in [1.807, 2.05) is 19.2 Å². The summed E-state index contributed by atoms with van der Waals surface area (Å²) >= 11 is 0. The lowest BCUT2D eigenvalue weighted by Crippen LogP contribution is -2.38. The van der Waals surface area contributed by atoms with Crippen LogP contribution in [0.2, 0.25) is 0 Å². The summed E-state index contributed by atoms with van der Waals surface area (Å²) in [5, 5.41) is 9.84. The number of nitrogens with zero attached hydrogens (tertiary/aromatic N) is 2. The van der Waals surface area contributed by atoms with E-state index < -0.39 is 0 Å². The molecule has 2 amide bonds. The number of halogens is 1. The van der Waals surface area contributed by atoms with Gasteiger partial charge >= 0.3 is 6.03 Å². The summed E-state index contributed by atoms with van der Waals surface area (Å²) in [5.74, 6) is -0.0118. The third-order valence-electron chi connectivity index (χ3n) is 3.97. The Morgan fingerprint density at radius 2 is 2.32 bits per heavy atom. The second-order valence-electron chi connectivity index (χ2n) is 5.60. The van der Waals surface area contributed by atoms with Crippen molar-refractivity contribution < 1.29 is 9.18 Å². The number of urea groups is 1. The second-order valence-corrected chi connectivity index (χ2v) is 5.60. The first-order valence-electron chi connectivity index (χ1n) is 7.40. The predicted molar refractivity (Wildman–Crippen MR) is 81.0 cm³/mol. The Kier molecular flexibility index (Phi) is 4.09. The van der Waals surface area contributed by atoms with Gasteiger partial charge in [-0.15, -0.1) is 0 Å². The molecule has 0 saturated heterocycles. The molecule has 6 heteroatoms. The van der Waals surface area contributed by atoms with Crippen molar-refractivity contribution in [2.24, 2.45) is 7.05 Å². The van der Waals surface area contributed by atoms with Crippen LogP contribution in [0.1, 0.15) is 23.6 Å². The lowest BCUT2D eigenvalue weighted by Gasteiger charge is -2.08. The number of rotatable bonds is 5. The van der Waals surface area contributed by atoms with Crippen molar-refractivity contribution in [3.05, 3.63) is 53.6 Å². The Bertz CT molecular complexity index is 670. The molecule has 22 heavy (non-hydrogen) atoms. The molecule has 1 saturated carbocycles. The highest BCUT2D eigenvalue weighted by Crippen LogP contribution is 2.40. The highest BCUT2D eigenvalue weighted by atomic mass is 19.1. The van der Waals surface area contributed by atoms with Gasteiger partial charge in [0.15, 0.2) is 0 Å². The monoisotopic (exact) mass is 302 g/mol. The molecule has 1 aliphatic carbocycles. The van der Waals surface area contributed by atoms with Crippen LogP contribution in [0.3, 0.4) is 0 Å². The number of carbonyl (C=O) groups is 1. The Morgan fingerprint density at radius 1 is 1.45 bits per heavy atom. The molecule has 0 unspecified atom stereocenters. The van der Waals surface area contributed by atoms with Gasteiger partial charge in [0.05, 0.1) is 0 Å². The van der Waals surface area contributed by atoms with Gasteiger partial charge in [-0.25, -0.2) is 9.18 Å². The van der Waals surface area contributed by atoms with Crippen molar-refractivity contribution in [1.82, 2.24) is 20.4 Å². The fraction of sp³-hybridized carbons (Fsp3) is 0.375. The molecule has 1 fully saturated rings. The van der Waals surface area contributed by atoms with Crippen LogP contribution in [0.5, 0.6) is 0 Å². The third kappa shape index (κ3) is 3.44. The number of hydrogen-bond donors (Lipinski definition) is 2. The number of aryl methyl sites for hydroxylation is 1. The van der Waals surface area contributed by atoms with Gasteiger partial charge in [0, 0.05) is 43.9 Å². The first-order chi connectivity index (χ1) is 10.6. The van der Waals surface area contributed by atoms with E-state index in [1.54, 1.807) is 16.9 Å². The average molecular weight is 302 g/mol. The highest BCUT2D eigenvalue weighted by molar-refractivity contribution is 5.74.